The van der Waals surface area contributed by atoms with Gasteiger partial charge in [0.15, 0.2) is 17.5 Å². The molecule has 0 unspecified atom stereocenters. The Labute approximate surface area is 344 Å². The molecule has 0 saturated carbocycles. The highest BCUT2D eigenvalue weighted by Crippen LogP contribution is 2.62. The van der Waals surface area contributed by atoms with Crippen molar-refractivity contribution in [1.82, 2.24) is 19.5 Å². The highest BCUT2D eigenvalue weighted by molar-refractivity contribution is 6.11. The van der Waals surface area contributed by atoms with E-state index >= 15 is 0 Å². The maximum absolute atomic E-state index is 6.37. The molecule has 0 bridgehead atoms. The van der Waals surface area contributed by atoms with Crippen LogP contribution in [0.25, 0.3) is 94.7 Å². The SMILES string of the molecule is CC1(C)c2cc(-c3nc(-c4ccccc4)nc(-c4ccc5c(c4)oc4ccccc45)n3)c(-n3c4ccccc4c4cc(-c5ccccc5)ccc43)cc2C(C)(C)C1(C)C. The van der Waals surface area contributed by atoms with Crippen molar-refractivity contribution in [1.29, 1.82) is 0 Å². The molecule has 0 amide bonds. The third-order valence-corrected chi connectivity index (χ3v) is 14.2. The van der Waals surface area contributed by atoms with Crippen molar-refractivity contribution in [2.45, 2.75) is 52.4 Å². The Morgan fingerprint density at radius 3 is 1.71 bits per heavy atom. The van der Waals surface area contributed by atoms with Gasteiger partial charge in [0.25, 0.3) is 0 Å². The normalized spacial score (nSPS) is 15.4. The summed E-state index contributed by atoms with van der Waals surface area (Å²) < 4.78 is 8.81. The summed E-state index contributed by atoms with van der Waals surface area (Å²) in [6, 6.07) is 55.8. The zero-order chi connectivity index (χ0) is 40.3. The topological polar surface area (TPSA) is 56.7 Å². The van der Waals surface area contributed by atoms with Crippen molar-refractivity contribution < 1.29 is 4.42 Å². The van der Waals surface area contributed by atoms with Gasteiger partial charge in [0.05, 0.1) is 16.7 Å². The van der Waals surface area contributed by atoms with Crippen LogP contribution in [0.1, 0.15) is 52.7 Å². The van der Waals surface area contributed by atoms with E-state index in [1.807, 2.05) is 36.4 Å². The third-order valence-electron chi connectivity index (χ3n) is 14.2. The highest BCUT2D eigenvalue weighted by atomic mass is 16.3. The number of hydrogen-bond donors (Lipinski definition) is 0. The Morgan fingerprint density at radius 1 is 0.407 bits per heavy atom. The van der Waals surface area contributed by atoms with Crippen LogP contribution >= 0.6 is 0 Å². The minimum absolute atomic E-state index is 0.0505. The molecule has 59 heavy (non-hydrogen) atoms. The van der Waals surface area contributed by atoms with Crippen molar-refractivity contribution in [3.8, 4) is 51.0 Å². The van der Waals surface area contributed by atoms with E-state index < -0.39 is 0 Å². The molecule has 11 rings (SSSR count). The van der Waals surface area contributed by atoms with E-state index in [1.54, 1.807) is 0 Å². The fourth-order valence-corrected chi connectivity index (χ4v) is 9.69. The predicted molar refractivity (Wildman–Crippen MR) is 243 cm³/mol. The van der Waals surface area contributed by atoms with E-state index in [-0.39, 0.29) is 16.2 Å². The lowest BCUT2D eigenvalue weighted by atomic mass is 9.59. The summed E-state index contributed by atoms with van der Waals surface area (Å²) in [7, 11) is 0. The monoisotopic (exact) mass is 764 g/mol. The average Bonchev–Trinajstić information content (AvgIpc) is 3.84. The highest BCUT2D eigenvalue weighted by Gasteiger charge is 2.57. The number of rotatable bonds is 5. The first-order chi connectivity index (χ1) is 28.5. The van der Waals surface area contributed by atoms with Crippen LogP contribution in [0.5, 0.6) is 0 Å². The van der Waals surface area contributed by atoms with Gasteiger partial charge in [-0.1, -0.05) is 151 Å². The van der Waals surface area contributed by atoms with Gasteiger partial charge in [-0.05, 0) is 87.0 Å². The predicted octanol–water partition coefficient (Wildman–Crippen LogP) is 14.1. The van der Waals surface area contributed by atoms with E-state index in [0.29, 0.717) is 17.5 Å². The standard InChI is InChI=1S/C54H44N4O/c1-52(2)42-31-41(51-56-49(34-19-11-8-12-20-34)55-50(57-51)36-25-27-39-38-22-14-16-24-47(38)59-48(39)30-36)46(32-43(42)53(3,4)54(52,5)6)58-44-23-15-13-21-37(44)40-29-35(26-28-45(40)58)33-17-9-7-10-18-33/h7-32H,1-6H3. The Bertz CT molecular complexity index is 3300. The average molecular weight is 765 g/mol. The second-order valence-electron chi connectivity index (χ2n) is 17.7. The molecular formula is C54H44N4O. The molecule has 0 N–H and O–H groups in total. The lowest BCUT2D eigenvalue weighted by Crippen LogP contribution is -2.42. The Morgan fingerprint density at radius 2 is 0.966 bits per heavy atom. The van der Waals surface area contributed by atoms with E-state index in [1.165, 1.54) is 33.0 Å². The maximum atomic E-state index is 6.37. The minimum Gasteiger partial charge on any atom is -0.456 e. The molecule has 1 aliphatic carbocycles. The lowest BCUT2D eigenvalue weighted by molar-refractivity contribution is 0.125. The van der Waals surface area contributed by atoms with Crippen LogP contribution in [0, 0.1) is 5.41 Å². The molecule has 0 spiro atoms. The smallest absolute Gasteiger partial charge is 0.166 e. The molecule has 5 nitrogen and oxygen atoms in total. The van der Waals surface area contributed by atoms with Crippen molar-refractivity contribution >= 4 is 43.7 Å². The number of fused-ring (bicyclic) bond motifs is 7. The van der Waals surface area contributed by atoms with Crippen LogP contribution in [-0.2, 0) is 10.8 Å². The summed E-state index contributed by atoms with van der Waals surface area (Å²) in [5, 5.41) is 4.56. The van der Waals surface area contributed by atoms with Crippen molar-refractivity contribution in [3.63, 3.8) is 0 Å². The van der Waals surface area contributed by atoms with Gasteiger partial charge in [-0.25, -0.2) is 15.0 Å². The molecule has 10 aromatic rings. The number of aromatic nitrogens is 4. The third kappa shape index (κ3) is 5.13. The quantitative estimate of drug-likeness (QED) is 0.175. The first-order valence-electron chi connectivity index (χ1n) is 20.5. The van der Waals surface area contributed by atoms with Crippen molar-refractivity contribution in [2.75, 3.05) is 0 Å². The van der Waals surface area contributed by atoms with Gasteiger partial charge >= 0.3 is 0 Å². The number of benzene rings is 7. The van der Waals surface area contributed by atoms with Gasteiger partial charge in [-0.3, -0.25) is 0 Å². The first-order valence-corrected chi connectivity index (χ1v) is 20.5. The zero-order valence-electron chi connectivity index (χ0n) is 34.2. The molecule has 0 aliphatic heterocycles. The van der Waals surface area contributed by atoms with Gasteiger partial charge in [0, 0.05) is 38.2 Å². The molecule has 0 radical (unpaired) electrons. The number of nitrogens with zero attached hydrogens (tertiary/aromatic N) is 4. The first kappa shape index (κ1) is 35.3. The molecule has 0 fully saturated rings. The van der Waals surface area contributed by atoms with Gasteiger partial charge in [0.1, 0.15) is 11.2 Å². The maximum Gasteiger partial charge on any atom is 0.166 e. The molecule has 0 atom stereocenters. The molecule has 3 aromatic heterocycles. The molecule has 286 valence electrons. The Kier molecular flexibility index (Phi) is 7.53. The van der Waals surface area contributed by atoms with Gasteiger partial charge < -0.3 is 8.98 Å². The molecule has 3 heterocycles. The molecule has 1 aliphatic rings. The Hall–Kier alpha value is -6.85. The van der Waals surface area contributed by atoms with Crippen LogP contribution in [-0.4, -0.2) is 19.5 Å². The van der Waals surface area contributed by atoms with E-state index in [4.69, 9.17) is 19.4 Å². The van der Waals surface area contributed by atoms with Crippen LogP contribution in [0.3, 0.4) is 0 Å². The molecule has 0 saturated heterocycles. The van der Waals surface area contributed by atoms with Crippen LogP contribution < -0.4 is 0 Å². The van der Waals surface area contributed by atoms with Gasteiger partial charge in [0.2, 0.25) is 0 Å². The summed E-state index contributed by atoms with van der Waals surface area (Å²) in [5.41, 5.74) is 12.5. The van der Waals surface area contributed by atoms with E-state index in [0.717, 1.165) is 55.3 Å². The summed E-state index contributed by atoms with van der Waals surface area (Å²) in [6.45, 7) is 14.4. The molecular weight excluding hydrogens is 721 g/mol. The minimum atomic E-state index is -0.144. The number of para-hydroxylation sites is 2. The largest absolute Gasteiger partial charge is 0.456 e. The summed E-state index contributed by atoms with van der Waals surface area (Å²) in [4.78, 5) is 15.9. The fourth-order valence-electron chi connectivity index (χ4n) is 9.69. The van der Waals surface area contributed by atoms with E-state index in [2.05, 4.69) is 167 Å². The molecule has 7 aromatic carbocycles. The van der Waals surface area contributed by atoms with Crippen molar-refractivity contribution in [2.24, 2.45) is 5.41 Å². The second-order valence-corrected chi connectivity index (χ2v) is 17.7. The second kappa shape index (κ2) is 12.6. The summed E-state index contributed by atoms with van der Waals surface area (Å²) in [6.07, 6.45) is 0. The fraction of sp³-hybridized carbons (Fsp3) is 0.167. The Balaban J connectivity index is 1.22. The number of hydrogen-bond acceptors (Lipinski definition) is 4. The summed E-state index contributed by atoms with van der Waals surface area (Å²) >= 11 is 0. The lowest BCUT2D eigenvalue weighted by Gasteiger charge is -2.44. The van der Waals surface area contributed by atoms with Crippen LogP contribution in [0.15, 0.2) is 162 Å². The molecule has 5 heteroatoms. The van der Waals surface area contributed by atoms with Crippen molar-refractivity contribution in [3.05, 3.63) is 169 Å². The van der Waals surface area contributed by atoms with Crippen LogP contribution in [0.4, 0.5) is 0 Å². The van der Waals surface area contributed by atoms with Gasteiger partial charge in [-0.15, -0.1) is 0 Å². The zero-order valence-corrected chi connectivity index (χ0v) is 34.2. The summed E-state index contributed by atoms with van der Waals surface area (Å²) in [5.74, 6) is 1.84. The number of furan rings is 1. The van der Waals surface area contributed by atoms with Crippen LogP contribution in [0.2, 0.25) is 0 Å². The van der Waals surface area contributed by atoms with Gasteiger partial charge in [-0.2, -0.15) is 0 Å². The van der Waals surface area contributed by atoms with E-state index in [9.17, 15) is 0 Å².